The molecule has 1 aliphatic carbocycles. The lowest BCUT2D eigenvalue weighted by atomic mass is 9.89. The van der Waals surface area contributed by atoms with Crippen molar-refractivity contribution in [2.45, 2.75) is 38.8 Å². The molecule has 18 heavy (non-hydrogen) atoms. The van der Waals surface area contributed by atoms with Gasteiger partial charge in [0.15, 0.2) is 0 Å². The lowest BCUT2D eigenvalue weighted by Gasteiger charge is -2.35. The van der Waals surface area contributed by atoms with E-state index in [-0.39, 0.29) is 16.7 Å². The van der Waals surface area contributed by atoms with Crippen molar-refractivity contribution in [1.82, 2.24) is 0 Å². The van der Waals surface area contributed by atoms with E-state index in [1.165, 1.54) is 0 Å². The minimum atomic E-state index is -0.339. The summed E-state index contributed by atoms with van der Waals surface area (Å²) in [6.07, 6.45) is 2.13. The van der Waals surface area contributed by atoms with Crippen molar-refractivity contribution in [3.63, 3.8) is 0 Å². The summed E-state index contributed by atoms with van der Waals surface area (Å²) in [5.74, 6) is 0. The molecule has 1 N–H and O–H groups in total. The summed E-state index contributed by atoms with van der Waals surface area (Å²) in [7, 11) is 0. The van der Waals surface area contributed by atoms with Gasteiger partial charge in [-0.15, -0.1) is 0 Å². The molecule has 0 amide bonds. The van der Waals surface area contributed by atoms with E-state index < -0.39 is 0 Å². The molecule has 2 rings (SSSR count). The SMILES string of the molecule is CCOC1CC(Nc2ccc(C)cc2[N+](=O)[O-])C1. The van der Waals surface area contributed by atoms with Crippen molar-refractivity contribution in [3.05, 3.63) is 33.9 Å². The fourth-order valence-corrected chi connectivity index (χ4v) is 2.19. The van der Waals surface area contributed by atoms with E-state index in [0.717, 1.165) is 25.0 Å². The zero-order valence-corrected chi connectivity index (χ0v) is 10.7. The second kappa shape index (κ2) is 5.35. The van der Waals surface area contributed by atoms with Gasteiger partial charge in [-0.1, -0.05) is 6.07 Å². The second-order valence-electron chi connectivity index (χ2n) is 4.67. The Morgan fingerprint density at radius 1 is 1.50 bits per heavy atom. The molecule has 5 nitrogen and oxygen atoms in total. The summed E-state index contributed by atoms with van der Waals surface area (Å²) in [5, 5.41) is 14.2. The van der Waals surface area contributed by atoms with E-state index in [2.05, 4.69) is 5.32 Å². The van der Waals surface area contributed by atoms with E-state index in [9.17, 15) is 10.1 Å². The maximum absolute atomic E-state index is 11.0. The maximum atomic E-state index is 11.0. The third-order valence-electron chi connectivity index (χ3n) is 3.21. The van der Waals surface area contributed by atoms with Crippen LogP contribution in [0, 0.1) is 17.0 Å². The summed E-state index contributed by atoms with van der Waals surface area (Å²) >= 11 is 0. The Bertz CT molecular complexity index is 442. The first kappa shape index (κ1) is 12.8. The van der Waals surface area contributed by atoms with Crippen molar-refractivity contribution in [2.75, 3.05) is 11.9 Å². The van der Waals surface area contributed by atoms with Crippen LogP contribution < -0.4 is 5.32 Å². The Kier molecular flexibility index (Phi) is 3.81. The van der Waals surface area contributed by atoms with Gasteiger partial charge in [-0.25, -0.2) is 0 Å². The summed E-state index contributed by atoms with van der Waals surface area (Å²) in [6, 6.07) is 5.54. The number of nitrogens with zero attached hydrogens (tertiary/aromatic N) is 1. The molecule has 0 aliphatic heterocycles. The molecular weight excluding hydrogens is 232 g/mol. The van der Waals surface area contributed by atoms with E-state index >= 15 is 0 Å². The van der Waals surface area contributed by atoms with Gasteiger partial charge >= 0.3 is 0 Å². The highest BCUT2D eigenvalue weighted by atomic mass is 16.6. The summed E-state index contributed by atoms with van der Waals surface area (Å²) in [6.45, 7) is 4.55. The Morgan fingerprint density at radius 2 is 2.22 bits per heavy atom. The molecule has 1 saturated carbocycles. The van der Waals surface area contributed by atoms with Gasteiger partial charge in [0, 0.05) is 18.7 Å². The van der Waals surface area contributed by atoms with Gasteiger partial charge in [0.2, 0.25) is 0 Å². The smallest absolute Gasteiger partial charge is 0.292 e. The van der Waals surface area contributed by atoms with Crippen LogP contribution in [0.4, 0.5) is 11.4 Å². The molecule has 0 heterocycles. The minimum Gasteiger partial charge on any atom is -0.378 e. The highest BCUT2D eigenvalue weighted by molar-refractivity contribution is 5.63. The van der Waals surface area contributed by atoms with Crippen molar-refractivity contribution in [3.8, 4) is 0 Å². The van der Waals surface area contributed by atoms with Crippen molar-refractivity contribution < 1.29 is 9.66 Å². The molecule has 1 fully saturated rings. The zero-order chi connectivity index (χ0) is 13.1. The number of rotatable bonds is 5. The third-order valence-corrected chi connectivity index (χ3v) is 3.21. The van der Waals surface area contributed by atoms with E-state index in [0.29, 0.717) is 11.8 Å². The van der Waals surface area contributed by atoms with Crippen LogP contribution in [0.5, 0.6) is 0 Å². The number of hydrogen-bond donors (Lipinski definition) is 1. The van der Waals surface area contributed by atoms with Crippen LogP contribution in [0.15, 0.2) is 18.2 Å². The average molecular weight is 250 g/mol. The van der Waals surface area contributed by atoms with E-state index in [1.54, 1.807) is 12.1 Å². The first-order chi connectivity index (χ1) is 8.60. The second-order valence-corrected chi connectivity index (χ2v) is 4.67. The maximum Gasteiger partial charge on any atom is 0.292 e. The molecule has 0 spiro atoms. The van der Waals surface area contributed by atoms with Crippen LogP contribution in [0.2, 0.25) is 0 Å². The number of anilines is 1. The lowest BCUT2D eigenvalue weighted by molar-refractivity contribution is -0.384. The molecule has 1 aromatic carbocycles. The highest BCUT2D eigenvalue weighted by Gasteiger charge is 2.30. The van der Waals surface area contributed by atoms with Crippen LogP contribution in [-0.4, -0.2) is 23.7 Å². The molecule has 5 heteroatoms. The Hall–Kier alpha value is -1.62. The summed E-state index contributed by atoms with van der Waals surface area (Å²) in [4.78, 5) is 10.6. The number of benzene rings is 1. The fraction of sp³-hybridized carbons (Fsp3) is 0.538. The number of nitrogens with one attached hydrogen (secondary N) is 1. The number of aryl methyl sites for hydroxylation is 1. The van der Waals surface area contributed by atoms with Gasteiger partial charge in [0.1, 0.15) is 5.69 Å². The molecule has 0 unspecified atom stereocenters. The van der Waals surface area contributed by atoms with E-state index in [4.69, 9.17) is 4.74 Å². The van der Waals surface area contributed by atoms with Gasteiger partial charge in [-0.05, 0) is 38.3 Å². The topological polar surface area (TPSA) is 64.4 Å². The molecule has 0 bridgehead atoms. The predicted molar refractivity (Wildman–Crippen MR) is 69.9 cm³/mol. The van der Waals surface area contributed by atoms with Crippen LogP contribution in [0.1, 0.15) is 25.3 Å². The van der Waals surface area contributed by atoms with Crippen molar-refractivity contribution in [1.29, 1.82) is 0 Å². The molecule has 0 atom stereocenters. The standard InChI is InChI=1S/C13H18N2O3/c1-3-18-11-7-10(8-11)14-12-5-4-9(2)6-13(12)15(16)17/h4-6,10-11,14H,3,7-8H2,1-2H3. The quantitative estimate of drug-likeness (QED) is 0.644. The molecule has 1 aliphatic rings. The Morgan fingerprint density at radius 3 is 2.83 bits per heavy atom. The highest BCUT2D eigenvalue weighted by Crippen LogP contribution is 2.31. The normalized spacial score (nSPS) is 22.3. The Labute approximate surface area is 106 Å². The molecule has 0 aromatic heterocycles. The molecule has 0 radical (unpaired) electrons. The third kappa shape index (κ3) is 2.79. The zero-order valence-electron chi connectivity index (χ0n) is 10.7. The average Bonchev–Trinajstić information content (AvgIpc) is 2.28. The molecule has 0 saturated heterocycles. The number of nitro benzene ring substituents is 1. The number of hydrogen-bond acceptors (Lipinski definition) is 4. The molecule has 1 aromatic rings. The molecule has 98 valence electrons. The van der Waals surface area contributed by atoms with Crippen LogP contribution in [0.25, 0.3) is 0 Å². The van der Waals surface area contributed by atoms with Gasteiger partial charge in [0.25, 0.3) is 5.69 Å². The molecular formula is C13H18N2O3. The van der Waals surface area contributed by atoms with Crippen molar-refractivity contribution >= 4 is 11.4 Å². The summed E-state index contributed by atoms with van der Waals surface area (Å²) < 4.78 is 5.47. The van der Waals surface area contributed by atoms with Crippen molar-refractivity contribution in [2.24, 2.45) is 0 Å². The van der Waals surface area contributed by atoms with Crippen LogP contribution in [-0.2, 0) is 4.74 Å². The van der Waals surface area contributed by atoms with Gasteiger partial charge in [-0.2, -0.15) is 0 Å². The van der Waals surface area contributed by atoms with Gasteiger partial charge < -0.3 is 10.1 Å². The van der Waals surface area contributed by atoms with E-state index in [1.807, 2.05) is 19.9 Å². The first-order valence-electron chi connectivity index (χ1n) is 6.23. The lowest BCUT2D eigenvalue weighted by Crippen LogP contribution is -2.40. The minimum absolute atomic E-state index is 0.148. The van der Waals surface area contributed by atoms with Gasteiger partial charge in [-0.3, -0.25) is 10.1 Å². The number of nitro groups is 1. The summed E-state index contributed by atoms with van der Waals surface area (Å²) in [5.41, 5.74) is 1.65. The number of ether oxygens (including phenoxy) is 1. The first-order valence-corrected chi connectivity index (χ1v) is 6.23. The monoisotopic (exact) mass is 250 g/mol. The fourth-order valence-electron chi connectivity index (χ4n) is 2.19. The largest absolute Gasteiger partial charge is 0.378 e. The van der Waals surface area contributed by atoms with Gasteiger partial charge in [0.05, 0.1) is 11.0 Å². The van der Waals surface area contributed by atoms with Crippen LogP contribution in [0.3, 0.4) is 0 Å². The Balaban J connectivity index is 2.00. The van der Waals surface area contributed by atoms with Crippen LogP contribution >= 0.6 is 0 Å². The predicted octanol–water partition coefficient (Wildman–Crippen LogP) is 2.88.